The molecule has 0 heterocycles. The Morgan fingerprint density at radius 3 is 2.52 bits per heavy atom. The number of nitrogens with one attached hydrogen (secondary N) is 2. The summed E-state index contributed by atoms with van der Waals surface area (Å²) in [5.41, 5.74) is -0.267. The number of ether oxygens (including phenoxy) is 1. The zero-order valence-corrected chi connectivity index (χ0v) is 14.6. The predicted octanol–water partition coefficient (Wildman–Crippen LogP) is 3.30. The minimum Gasteiger partial charge on any atom is -0.404 e. The Bertz CT molecular complexity index is 943. The normalized spacial score (nSPS) is 11.7. The fraction of sp³-hybridized carbons (Fsp3) is 0.118. The molecule has 0 aromatic heterocycles. The zero-order chi connectivity index (χ0) is 20.1. The highest BCUT2D eigenvalue weighted by Gasteiger charge is 2.32. The van der Waals surface area contributed by atoms with E-state index in [-0.39, 0.29) is 22.7 Å². The van der Waals surface area contributed by atoms with Gasteiger partial charge in [-0.05, 0) is 30.3 Å². The van der Waals surface area contributed by atoms with Crippen LogP contribution in [0.1, 0.15) is 10.4 Å². The van der Waals surface area contributed by atoms with E-state index in [0.717, 1.165) is 12.1 Å². The Morgan fingerprint density at radius 2 is 1.85 bits per heavy atom. The SMILES string of the molecule is C=CCNS(=O)(=O)c1cccc(C(=O)Nc2ccccc2OC(F)(F)F)c1. The van der Waals surface area contributed by atoms with Crippen molar-refractivity contribution in [1.29, 1.82) is 0 Å². The van der Waals surface area contributed by atoms with E-state index in [1.54, 1.807) is 0 Å². The zero-order valence-electron chi connectivity index (χ0n) is 13.8. The molecule has 2 aromatic carbocycles. The Labute approximate surface area is 153 Å². The van der Waals surface area contributed by atoms with E-state index in [0.29, 0.717) is 0 Å². The van der Waals surface area contributed by atoms with Gasteiger partial charge in [0.15, 0.2) is 5.75 Å². The first-order chi connectivity index (χ1) is 12.6. The van der Waals surface area contributed by atoms with Gasteiger partial charge in [-0.3, -0.25) is 4.79 Å². The van der Waals surface area contributed by atoms with Gasteiger partial charge in [-0.1, -0.05) is 24.3 Å². The smallest absolute Gasteiger partial charge is 0.404 e. The minimum atomic E-state index is -4.92. The average Bonchev–Trinajstić information content (AvgIpc) is 2.60. The molecule has 0 saturated carbocycles. The third kappa shape index (κ3) is 5.83. The number of amides is 1. The van der Waals surface area contributed by atoms with Crippen molar-refractivity contribution in [3.05, 3.63) is 66.7 Å². The number of rotatable bonds is 7. The number of hydrogen-bond donors (Lipinski definition) is 2. The van der Waals surface area contributed by atoms with Gasteiger partial charge >= 0.3 is 6.36 Å². The monoisotopic (exact) mass is 400 g/mol. The largest absolute Gasteiger partial charge is 0.573 e. The third-order valence-corrected chi connectivity index (χ3v) is 4.61. The van der Waals surface area contributed by atoms with Crippen LogP contribution < -0.4 is 14.8 Å². The highest BCUT2D eigenvalue weighted by molar-refractivity contribution is 7.89. The van der Waals surface area contributed by atoms with Crippen LogP contribution >= 0.6 is 0 Å². The maximum Gasteiger partial charge on any atom is 0.573 e. The minimum absolute atomic E-state index is 0.000907. The van der Waals surface area contributed by atoms with Crippen molar-refractivity contribution < 1.29 is 31.1 Å². The van der Waals surface area contributed by atoms with Gasteiger partial charge in [-0.15, -0.1) is 19.8 Å². The summed E-state index contributed by atoms with van der Waals surface area (Å²) in [7, 11) is -3.86. The average molecular weight is 400 g/mol. The van der Waals surface area contributed by atoms with Gasteiger partial charge in [0.05, 0.1) is 10.6 Å². The van der Waals surface area contributed by atoms with Gasteiger partial charge in [0.1, 0.15) is 0 Å². The summed E-state index contributed by atoms with van der Waals surface area (Å²) < 4.78 is 67.7. The summed E-state index contributed by atoms with van der Waals surface area (Å²) in [5, 5.41) is 2.28. The Balaban J connectivity index is 2.25. The highest BCUT2D eigenvalue weighted by Crippen LogP contribution is 2.30. The lowest BCUT2D eigenvalue weighted by Gasteiger charge is -2.14. The lowest BCUT2D eigenvalue weighted by Crippen LogP contribution is -2.24. The quantitative estimate of drug-likeness (QED) is 0.699. The van der Waals surface area contributed by atoms with E-state index in [1.807, 2.05) is 0 Å². The topological polar surface area (TPSA) is 84.5 Å². The van der Waals surface area contributed by atoms with Crippen LogP contribution in [0, 0.1) is 0 Å². The molecule has 10 heteroatoms. The van der Waals surface area contributed by atoms with Crippen molar-refractivity contribution >= 4 is 21.6 Å². The maximum atomic E-state index is 12.5. The molecule has 0 unspecified atom stereocenters. The summed E-state index contributed by atoms with van der Waals surface area (Å²) in [5.74, 6) is -1.39. The van der Waals surface area contributed by atoms with Gasteiger partial charge in [0, 0.05) is 12.1 Å². The van der Waals surface area contributed by atoms with Crippen LogP contribution in [0.15, 0.2) is 66.1 Å². The third-order valence-electron chi connectivity index (χ3n) is 3.19. The van der Waals surface area contributed by atoms with Crippen LogP contribution in [0.2, 0.25) is 0 Å². The van der Waals surface area contributed by atoms with Crippen LogP contribution in [0.5, 0.6) is 5.75 Å². The fourth-order valence-corrected chi connectivity index (χ4v) is 3.08. The van der Waals surface area contributed by atoms with E-state index in [4.69, 9.17) is 0 Å². The number of carbonyl (C=O) groups is 1. The van der Waals surface area contributed by atoms with Gasteiger partial charge in [0.25, 0.3) is 5.91 Å². The van der Waals surface area contributed by atoms with E-state index in [9.17, 15) is 26.4 Å². The second-order valence-electron chi connectivity index (χ2n) is 5.17. The molecule has 2 aromatic rings. The molecule has 144 valence electrons. The second kappa shape index (κ2) is 8.23. The van der Waals surface area contributed by atoms with Crippen LogP contribution in [-0.2, 0) is 10.0 Å². The second-order valence-corrected chi connectivity index (χ2v) is 6.93. The number of alkyl halides is 3. The molecule has 6 nitrogen and oxygen atoms in total. The summed E-state index contributed by atoms with van der Waals surface area (Å²) in [4.78, 5) is 12.2. The van der Waals surface area contributed by atoms with E-state index < -0.39 is 28.0 Å². The van der Waals surface area contributed by atoms with Gasteiger partial charge in [-0.2, -0.15) is 0 Å². The van der Waals surface area contributed by atoms with Crippen molar-refractivity contribution in [2.45, 2.75) is 11.3 Å². The Hall–Kier alpha value is -2.85. The van der Waals surface area contributed by atoms with Gasteiger partial charge in [-0.25, -0.2) is 13.1 Å². The molecule has 0 spiro atoms. The summed E-state index contributed by atoms with van der Waals surface area (Å²) in [6.07, 6.45) is -3.57. The molecule has 0 saturated heterocycles. The highest BCUT2D eigenvalue weighted by atomic mass is 32.2. The van der Waals surface area contributed by atoms with Crippen LogP contribution in [0.25, 0.3) is 0 Å². The van der Waals surface area contributed by atoms with E-state index >= 15 is 0 Å². The lowest BCUT2D eigenvalue weighted by atomic mass is 10.2. The lowest BCUT2D eigenvalue weighted by molar-refractivity contribution is -0.274. The molecule has 27 heavy (non-hydrogen) atoms. The first-order valence-electron chi connectivity index (χ1n) is 7.49. The molecule has 0 atom stereocenters. The molecule has 0 radical (unpaired) electrons. The Morgan fingerprint density at radius 1 is 1.15 bits per heavy atom. The summed E-state index contributed by atoms with van der Waals surface area (Å²) in [6, 6.07) is 10.1. The number of hydrogen-bond acceptors (Lipinski definition) is 4. The van der Waals surface area contributed by atoms with Crippen molar-refractivity contribution in [2.75, 3.05) is 11.9 Å². The molecule has 2 N–H and O–H groups in total. The molecule has 0 bridgehead atoms. The molecule has 1 amide bonds. The van der Waals surface area contributed by atoms with Crippen LogP contribution in [0.3, 0.4) is 0 Å². The number of carbonyl (C=O) groups excluding carboxylic acids is 1. The van der Waals surface area contributed by atoms with Crippen molar-refractivity contribution in [1.82, 2.24) is 4.72 Å². The van der Waals surface area contributed by atoms with Crippen molar-refractivity contribution in [3.63, 3.8) is 0 Å². The number of sulfonamides is 1. The predicted molar refractivity (Wildman–Crippen MR) is 92.9 cm³/mol. The molecular formula is C17H15F3N2O4S. The van der Waals surface area contributed by atoms with Gasteiger partial charge in [0.2, 0.25) is 10.0 Å². The molecule has 0 aliphatic heterocycles. The molecule has 0 fully saturated rings. The maximum absolute atomic E-state index is 12.5. The van der Waals surface area contributed by atoms with E-state index in [2.05, 4.69) is 21.4 Å². The molecule has 0 aliphatic rings. The standard InChI is InChI=1S/C17H15F3N2O4S/c1-2-10-21-27(24,25)13-7-5-6-12(11-13)16(23)22-14-8-3-4-9-15(14)26-17(18,19)20/h2-9,11,21H,1,10H2,(H,22,23). The fourth-order valence-electron chi connectivity index (χ4n) is 2.03. The number of halogens is 3. The number of anilines is 1. The number of para-hydroxylation sites is 2. The molecular weight excluding hydrogens is 385 g/mol. The van der Waals surface area contributed by atoms with Crippen LogP contribution in [-0.4, -0.2) is 27.2 Å². The van der Waals surface area contributed by atoms with E-state index in [1.165, 1.54) is 42.5 Å². The summed E-state index contributed by atoms with van der Waals surface area (Å²) in [6.45, 7) is 3.40. The van der Waals surface area contributed by atoms with Crippen LogP contribution in [0.4, 0.5) is 18.9 Å². The van der Waals surface area contributed by atoms with Crippen molar-refractivity contribution in [3.8, 4) is 5.75 Å². The molecule has 0 aliphatic carbocycles. The first kappa shape index (κ1) is 20.5. The van der Waals surface area contributed by atoms with Gasteiger partial charge < -0.3 is 10.1 Å². The van der Waals surface area contributed by atoms with Crippen molar-refractivity contribution in [2.24, 2.45) is 0 Å². The first-order valence-corrected chi connectivity index (χ1v) is 8.97. The molecule has 2 rings (SSSR count). The summed E-state index contributed by atoms with van der Waals surface area (Å²) >= 11 is 0. The number of benzene rings is 2. The Kier molecular flexibility index (Phi) is 6.24.